The van der Waals surface area contributed by atoms with Crippen molar-refractivity contribution >= 4 is 34.7 Å². The number of rotatable bonds is 2. The van der Waals surface area contributed by atoms with Crippen LogP contribution >= 0.6 is 11.6 Å². The number of nitrogens with one attached hydrogen (secondary N) is 2. The number of nitrogens with two attached hydrogens (primary N) is 1. The third-order valence-electron chi connectivity index (χ3n) is 2.36. The fraction of sp³-hybridized carbons (Fsp3) is 0. The van der Waals surface area contributed by atoms with Gasteiger partial charge >= 0.3 is 6.03 Å². The normalized spacial score (nSPS) is 10.0. The number of carbonyl (C=O) groups is 1. The van der Waals surface area contributed by atoms with Gasteiger partial charge in [0.05, 0.1) is 16.4 Å². The molecular weight excluding hydrogens is 269 g/mol. The number of nitrogen functional groups attached to an aromatic ring is 1. The van der Waals surface area contributed by atoms with Gasteiger partial charge in [0.15, 0.2) is 0 Å². The maximum Gasteiger partial charge on any atom is 0.323 e. The lowest BCUT2D eigenvalue weighted by Crippen LogP contribution is -2.20. The number of amides is 2. The fourth-order valence-electron chi connectivity index (χ4n) is 1.48. The molecule has 0 bridgehead atoms. The molecule has 2 rings (SSSR count). The van der Waals surface area contributed by atoms with Crippen LogP contribution in [0.1, 0.15) is 0 Å². The van der Waals surface area contributed by atoms with Crippen LogP contribution in [-0.4, -0.2) is 6.03 Å². The Morgan fingerprint density at radius 1 is 1.11 bits per heavy atom. The fourth-order valence-corrected chi connectivity index (χ4v) is 1.64. The van der Waals surface area contributed by atoms with Crippen LogP contribution in [0.25, 0.3) is 0 Å². The summed E-state index contributed by atoms with van der Waals surface area (Å²) in [5, 5.41) is 5.22. The first-order valence-corrected chi connectivity index (χ1v) is 5.81. The predicted octanol–water partition coefficient (Wildman–Crippen LogP) is 3.71. The van der Waals surface area contributed by atoms with Crippen molar-refractivity contribution in [1.82, 2.24) is 0 Å². The van der Waals surface area contributed by atoms with Gasteiger partial charge in [0.25, 0.3) is 0 Å². The summed E-state index contributed by atoms with van der Waals surface area (Å²) in [5.74, 6) is -0.517. The van der Waals surface area contributed by atoms with Gasteiger partial charge in [-0.1, -0.05) is 23.7 Å². The number of carbonyl (C=O) groups excluding carboxylic acids is 1. The summed E-state index contributed by atoms with van der Waals surface area (Å²) in [6.07, 6.45) is 0. The minimum Gasteiger partial charge on any atom is -0.399 e. The molecule has 2 aromatic carbocycles. The lowest BCUT2D eigenvalue weighted by Gasteiger charge is -2.10. The number of benzene rings is 2. The largest absolute Gasteiger partial charge is 0.399 e. The van der Waals surface area contributed by atoms with Gasteiger partial charge in [0, 0.05) is 5.69 Å². The van der Waals surface area contributed by atoms with E-state index in [1.54, 1.807) is 18.2 Å². The molecule has 0 aliphatic rings. The maximum atomic E-state index is 13.3. The molecular formula is C13H11ClFN3O. The zero-order valence-electron chi connectivity index (χ0n) is 9.78. The molecule has 0 aromatic heterocycles. The summed E-state index contributed by atoms with van der Waals surface area (Å²) in [6, 6.07) is 9.96. The average Bonchev–Trinajstić information content (AvgIpc) is 2.37. The molecule has 4 N–H and O–H groups in total. The summed E-state index contributed by atoms with van der Waals surface area (Å²) in [5.41, 5.74) is 6.49. The molecule has 98 valence electrons. The van der Waals surface area contributed by atoms with Crippen molar-refractivity contribution in [1.29, 1.82) is 0 Å². The predicted molar refractivity (Wildman–Crippen MR) is 74.9 cm³/mol. The smallest absolute Gasteiger partial charge is 0.323 e. The lowest BCUT2D eigenvalue weighted by molar-refractivity contribution is 0.262. The van der Waals surface area contributed by atoms with Crippen LogP contribution < -0.4 is 16.4 Å². The average molecular weight is 280 g/mol. The van der Waals surface area contributed by atoms with Gasteiger partial charge in [0.2, 0.25) is 0 Å². The van der Waals surface area contributed by atoms with Crippen LogP contribution in [-0.2, 0) is 0 Å². The molecule has 0 atom stereocenters. The molecule has 0 unspecified atom stereocenters. The first-order valence-electron chi connectivity index (χ1n) is 5.44. The van der Waals surface area contributed by atoms with E-state index in [1.165, 1.54) is 24.3 Å². The third kappa shape index (κ3) is 3.35. The van der Waals surface area contributed by atoms with Gasteiger partial charge in [-0.25, -0.2) is 9.18 Å². The number of halogens is 2. The number of anilines is 3. The quantitative estimate of drug-likeness (QED) is 0.734. The molecule has 4 nitrogen and oxygen atoms in total. The molecule has 0 saturated heterocycles. The zero-order valence-corrected chi connectivity index (χ0v) is 10.5. The molecule has 0 fully saturated rings. The topological polar surface area (TPSA) is 67.1 Å². The highest BCUT2D eigenvalue weighted by Gasteiger charge is 2.08. The molecule has 19 heavy (non-hydrogen) atoms. The molecule has 2 aromatic rings. The Morgan fingerprint density at radius 2 is 1.79 bits per heavy atom. The maximum absolute atomic E-state index is 13.3. The Kier molecular flexibility index (Phi) is 3.87. The van der Waals surface area contributed by atoms with Gasteiger partial charge in [-0.3, -0.25) is 0 Å². The highest BCUT2D eigenvalue weighted by molar-refractivity contribution is 6.34. The second-order valence-corrected chi connectivity index (χ2v) is 4.21. The monoisotopic (exact) mass is 279 g/mol. The van der Waals surface area contributed by atoms with Crippen LogP contribution in [0.5, 0.6) is 0 Å². The highest BCUT2D eigenvalue weighted by Crippen LogP contribution is 2.24. The van der Waals surface area contributed by atoms with E-state index in [0.717, 1.165) is 0 Å². The van der Waals surface area contributed by atoms with Crippen molar-refractivity contribution in [2.45, 2.75) is 0 Å². The number of hydrogen-bond donors (Lipinski definition) is 3. The molecule has 0 radical (unpaired) electrons. The van der Waals surface area contributed by atoms with E-state index in [9.17, 15) is 9.18 Å². The van der Waals surface area contributed by atoms with E-state index in [2.05, 4.69) is 10.6 Å². The number of urea groups is 1. The first-order chi connectivity index (χ1) is 9.06. The van der Waals surface area contributed by atoms with Crippen molar-refractivity contribution in [3.8, 4) is 0 Å². The van der Waals surface area contributed by atoms with Gasteiger partial charge in [-0.15, -0.1) is 0 Å². The van der Waals surface area contributed by atoms with Crippen molar-refractivity contribution in [3.05, 3.63) is 53.3 Å². The molecule has 0 saturated carbocycles. The molecule has 0 heterocycles. The van der Waals surface area contributed by atoms with Crippen LogP contribution in [0.2, 0.25) is 5.02 Å². The summed E-state index contributed by atoms with van der Waals surface area (Å²) < 4.78 is 13.3. The summed E-state index contributed by atoms with van der Waals surface area (Å²) in [7, 11) is 0. The van der Waals surface area contributed by atoms with E-state index < -0.39 is 11.8 Å². The van der Waals surface area contributed by atoms with Gasteiger partial charge in [-0.2, -0.15) is 0 Å². The lowest BCUT2D eigenvalue weighted by atomic mass is 10.3. The summed E-state index contributed by atoms with van der Waals surface area (Å²) in [6.45, 7) is 0. The van der Waals surface area contributed by atoms with Crippen molar-refractivity contribution < 1.29 is 9.18 Å². The summed E-state index contributed by atoms with van der Waals surface area (Å²) in [4.78, 5) is 11.7. The second kappa shape index (κ2) is 5.58. The number of hydrogen-bond acceptors (Lipinski definition) is 2. The SMILES string of the molecule is Nc1ccc(Cl)c(NC(=O)Nc2ccccc2F)c1. The van der Waals surface area contributed by atoms with Crippen LogP contribution in [0.4, 0.5) is 26.2 Å². The molecule has 0 aliphatic carbocycles. The Morgan fingerprint density at radius 3 is 2.53 bits per heavy atom. The Hall–Kier alpha value is -2.27. The van der Waals surface area contributed by atoms with Gasteiger partial charge in [-0.05, 0) is 30.3 Å². The van der Waals surface area contributed by atoms with E-state index in [0.29, 0.717) is 16.4 Å². The van der Waals surface area contributed by atoms with Crippen molar-refractivity contribution in [2.75, 3.05) is 16.4 Å². The number of para-hydroxylation sites is 1. The Balaban J connectivity index is 2.10. The van der Waals surface area contributed by atoms with E-state index in [4.69, 9.17) is 17.3 Å². The zero-order chi connectivity index (χ0) is 13.8. The summed E-state index contributed by atoms with van der Waals surface area (Å²) >= 11 is 5.90. The van der Waals surface area contributed by atoms with E-state index in [-0.39, 0.29) is 5.69 Å². The minimum absolute atomic E-state index is 0.0834. The molecule has 2 amide bonds. The molecule has 6 heteroatoms. The van der Waals surface area contributed by atoms with Crippen LogP contribution in [0, 0.1) is 5.82 Å². The second-order valence-electron chi connectivity index (χ2n) is 3.80. The van der Waals surface area contributed by atoms with Crippen molar-refractivity contribution in [2.24, 2.45) is 0 Å². The van der Waals surface area contributed by atoms with E-state index >= 15 is 0 Å². The van der Waals surface area contributed by atoms with Gasteiger partial charge in [0.1, 0.15) is 5.82 Å². The van der Waals surface area contributed by atoms with Crippen molar-refractivity contribution in [3.63, 3.8) is 0 Å². The minimum atomic E-state index is -0.599. The Labute approximate surface area is 114 Å². The molecule has 0 aliphatic heterocycles. The Bertz CT molecular complexity index is 619. The highest BCUT2D eigenvalue weighted by atomic mass is 35.5. The first kappa shape index (κ1) is 13.2. The third-order valence-corrected chi connectivity index (χ3v) is 2.69. The molecule has 0 spiro atoms. The van der Waals surface area contributed by atoms with Crippen LogP contribution in [0.15, 0.2) is 42.5 Å². The van der Waals surface area contributed by atoms with Crippen LogP contribution in [0.3, 0.4) is 0 Å². The van der Waals surface area contributed by atoms with E-state index in [1.807, 2.05) is 0 Å². The van der Waals surface area contributed by atoms with Gasteiger partial charge < -0.3 is 16.4 Å². The standard InChI is InChI=1S/C13H11ClFN3O/c14-9-6-5-8(16)7-12(9)18-13(19)17-11-4-2-1-3-10(11)15/h1-7H,16H2,(H2,17,18,19).